The maximum atomic E-state index is 13.2. The first-order chi connectivity index (χ1) is 12.0. The molecule has 3 aromatic rings. The molecule has 5 nitrogen and oxygen atoms in total. The summed E-state index contributed by atoms with van der Waals surface area (Å²) in [5, 5.41) is 6.88. The second-order valence-electron chi connectivity index (χ2n) is 5.54. The predicted molar refractivity (Wildman–Crippen MR) is 93.7 cm³/mol. The van der Waals surface area contributed by atoms with Crippen LogP contribution in [0.1, 0.15) is 13.0 Å². The highest BCUT2D eigenvalue weighted by molar-refractivity contribution is 5.93. The summed E-state index contributed by atoms with van der Waals surface area (Å²) in [5.41, 5.74) is 1.37. The Labute approximate surface area is 143 Å². The molecule has 6 heteroatoms. The molecule has 2 aromatic carbocycles. The van der Waals surface area contributed by atoms with E-state index in [-0.39, 0.29) is 5.56 Å². The van der Waals surface area contributed by atoms with Crippen LogP contribution in [0.15, 0.2) is 71.5 Å². The summed E-state index contributed by atoms with van der Waals surface area (Å²) >= 11 is 0. The number of amides is 1. The molecule has 1 atom stereocenters. The average Bonchev–Trinajstić information content (AvgIpc) is 2.62. The Morgan fingerprint density at radius 1 is 1.08 bits per heavy atom. The summed E-state index contributed by atoms with van der Waals surface area (Å²) in [6.45, 7) is 1.57. The number of carbonyl (C=O) groups is 1. The molecule has 1 heterocycles. The van der Waals surface area contributed by atoms with Crippen LogP contribution in [0.5, 0.6) is 0 Å². The summed E-state index contributed by atoms with van der Waals surface area (Å²) in [7, 11) is 0. The quantitative estimate of drug-likeness (QED) is 0.795. The third-order valence-electron chi connectivity index (χ3n) is 3.73. The van der Waals surface area contributed by atoms with Crippen molar-refractivity contribution in [3.8, 4) is 11.3 Å². The second-order valence-corrected chi connectivity index (χ2v) is 5.54. The van der Waals surface area contributed by atoms with E-state index in [1.165, 1.54) is 24.3 Å². The van der Waals surface area contributed by atoms with Crippen molar-refractivity contribution in [3.63, 3.8) is 0 Å². The van der Waals surface area contributed by atoms with Crippen molar-refractivity contribution in [3.05, 3.63) is 82.9 Å². The predicted octanol–water partition coefficient (Wildman–Crippen LogP) is 3.25. The van der Waals surface area contributed by atoms with Gasteiger partial charge in [0.25, 0.3) is 5.56 Å². The smallest absolute Gasteiger partial charge is 0.267 e. The minimum Gasteiger partial charge on any atom is -0.324 e. The largest absolute Gasteiger partial charge is 0.324 e. The fourth-order valence-corrected chi connectivity index (χ4v) is 2.39. The maximum Gasteiger partial charge on any atom is 0.267 e. The summed E-state index contributed by atoms with van der Waals surface area (Å²) in [4.78, 5) is 24.5. The summed E-state index contributed by atoms with van der Waals surface area (Å²) < 4.78 is 14.3. The zero-order chi connectivity index (χ0) is 17.8. The van der Waals surface area contributed by atoms with E-state index in [4.69, 9.17) is 0 Å². The number of carbonyl (C=O) groups excluding carboxylic acids is 1. The number of nitrogens with zero attached hydrogens (tertiary/aromatic N) is 2. The van der Waals surface area contributed by atoms with Crippen LogP contribution in [-0.4, -0.2) is 15.7 Å². The Bertz CT molecular complexity index is 954. The van der Waals surface area contributed by atoms with Crippen LogP contribution in [0.2, 0.25) is 0 Å². The molecule has 0 aliphatic heterocycles. The topological polar surface area (TPSA) is 64.0 Å². The Hall–Kier alpha value is -3.28. The van der Waals surface area contributed by atoms with Gasteiger partial charge in [-0.15, -0.1) is 0 Å². The molecule has 0 aliphatic rings. The fraction of sp³-hybridized carbons (Fsp3) is 0.105. The van der Waals surface area contributed by atoms with Gasteiger partial charge in [0, 0.05) is 17.3 Å². The van der Waals surface area contributed by atoms with Crippen LogP contribution >= 0.6 is 0 Å². The van der Waals surface area contributed by atoms with E-state index < -0.39 is 17.8 Å². The number of halogens is 1. The molecule has 0 saturated carbocycles. The molecule has 1 aromatic heterocycles. The molecule has 0 saturated heterocycles. The third kappa shape index (κ3) is 3.80. The lowest BCUT2D eigenvalue weighted by atomic mass is 10.1. The lowest BCUT2D eigenvalue weighted by Gasteiger charge is -2.15. The van der Waals surface area contributed by atoms with Crippen LogP contribution in [-0.2, 0) is 4.79 Å². The molecule has 126 valence electrons. The Balaban J connectivity index is 1.87. The van der Waals surface area contributed by atoms with Crippen molar-refractivity contribution in [2.24, 2.45) is 0 Å². The zero-order valence-corrected chi connectivity index (χ0v) is 13.5. The maximum absolute atomic E-state index is 13.2. The summed E-state index contributed by atoms with van der Waals surface area (Å²) in [5.74, 6) is -0.905. The van der Waals surface area contributed by atoms with E-state index in [9.17, 15) is 14.0 Å². The van der Waals surface area contributed by atoms with E-state index in [1.54, 1.807) is 19.1 Å². The minimum absolute atomic E-state index is 0.323. The minimum atomic E-state index is -0.848. The van der Waals surface area contributed by atoms with Gasteiger partial charge >= 0.3 is 0 Å². The fourth-order valence-electron chi connectivity index (χ4n) is 2.39. The molecule has 1 unspecified atom stereocenters. The molecule has 0 aliphatic carbocycles. The number of hydrogen-bond acceptors (Lipinski definition) is 3. The standard InChI is InChI=1S/C19H16FN3O2/c1-13(19(25)21-16-9-5-8-15(20)12-16)23-18(24)11-10-17(22-23)14-6-3-2-4-7-14/h2-13H,1H3,(H,21,25). The van der Waals surface area contributed by atoms with Crippen molar-refractivity contribution in [1.82, 2.24) is 9.78 Å². The second kappa shape index (κ2) is 7.09. The van der Waals surface area contributed by atoms with E-state index in [2.05, 4.69) is 10.4 Å². The van der Waals surface area contributed by atoms with Crippen molar-refractivity contribution in [2.45, 2.75) is 13.0 Å². The highest BCUT2D eigenvalue weighted by Crippen LogP contribution is 2.16. The van der Waals surface area contributed by atoms with Gasteiger partial charge in [-0.3, -0.25) is 9.59 Å². The Morgan fingerprint density at radius 3 is 2.56 bits per heavy atom. The van der Waals surface area contributed by atoms with E-state index in [1.807, 2.05) is 30.3 Å². The van der Waals surface area contributed by atoms with Gasteiger partial charge in [0.2, 0.25) is 5.91 Å². The average molecular weight is 337 g/mol. The zero-order valence-electron chi connectivity index (χ0n) is 13.5. The molecular formula is C19H16FN3O2. The van der Waals surface area contributed by atoms with Gasteiger partial charge in [0.05, 0.1) is 5.69 Å². The van der Waals surface area contributed by atoms with E-state index in [0.717, 1.165) is 10.2 Å². The van der Waals surface area contributed by atoms with Gasteiger partial charge in [0.15, 0.2) is 0 Å². The SMILES string of the molecule is CC(C(=O)Nc1cccc(F)c1)n1nc(-c2ccccc2)ccc1=O. The number of rotatable bonds is 4. The van der Waals surface area contributed by atoms with E-state index >= 15 is 0 Å². The third-order valence-corrected chi connectivity index (χ3v) is 3.73. The van der Waals surface area contributed by atoms with Gasteiger partial charge in [-0.05, 0) is 31.2 Å². The van der Waals surface area contributed by atoms with E-state index in [0.29, 0.717) is 11.4 Å². The van der Waals surface area contributed by atoms with Gasteiger partial charge in [-0.2, -0.15) is 5.10 Å². The molecule has 1 N–H and O–H groups in total. The Kier molecular flexibility index (Phi) is 4.70. The summed E-state index contributed by atoms with van der Waals surface area (Å²) in [6.07, 6.45) is 0. The first kappa shape index (κ1) is 16.6. The van der Waals surface area contributed by atoms with Gasteiger partial charge in [0.1, 0.15) is 11.9 Å². The highest BCUT2D eigenvalue weighted by Gasteiger charge is 2.18. The molecule has 3 rings (SSSR count). The lowest BCUT2D eigenvalue weighted by molar-refractivity contribution is -0.119. The summed E-state index contributed by atoms with van der Waals surface area (Å²) in [6, 6.07) is 17.1. The number of benzene rings is 2. The molecular weight excluding hydrogens is 321 g/mol. The van der Waals surface area contributed by atoms with Gasteiger partial charge in [-0.1, -0.05) is 36.4 Å². The molecule has 0 fully saturated rings. The van der Waals surface area contributed by atoms with Crippen LogP contribution in [0.25, 0.3) is 11.3 Å². The number of nitrogens with one attached hydrogen (secondary N) is 1. The first-order valence-electron chi connectivity index (χ1n) is 7.76. The molecule has 25 heavy (non-hydrogen) atoms. The number of hydrogen-bond donors (Lipinski definition) is 1. The molecule has 0 radical (unpaired) electrons. The number of anilines is 1. The highest BCUT2D eigenvalue weighted by atomic mass is 19.1. The van der Waals surface area contributed by atoms with Gasteiger partial charge in [-0.25, -0.2) is 9.07 Å². The van der Waals surface area contributed by atoms with Crippen LogP contribution in [0.3, 0.4) is 0 Å². The van der Waals surface area contributed by atoms with Crippen molar-refractivity contribution in [2.75, 3.05) is 5.32 Å². The van der Waals surface area contributed by atoms with Crippen molar-refractivity contribution >= 4 is 11.6 Å². The molecule has 1 amide bonds. The Morgan fingerprint density at radius 2 is 1.84 bits per heavy atom. The van der Waals surface area contributed by atoms with Crippen molar-refractivity contribution in [1.29, 1.82) is 0 Å². The first-order valence-corrected chi connectivity index (χ1v) is 7.76. The van der Waals surface area contributed by atoms with Crippen molar-refractivity contribution < 1.29 is 9.18 Å². The van der Waals surface area contributed by atoms with Gasteiger partial charge < -0.3 is 5.32 Å². The van der Waals surface area contributed by atoms with Crippen LogP contribution in [0.4, 0.5) is 10.1 Å². The van der Waals surface area contributed by atoms with Crippen LogP contribution in [0, 0.1) is 5.82 Å². The van der Waals surface area contributed by atoms with Crippen LogP contribution < -0.4 is 10.9 Å². The number of aromatic nitrogens is 2. The molecule has 0 bridgehead atoms. The lowest BCUT2D eigenvalue weighted by Crippen LogP contribution is -2.33. The normalized spacial score (nSPS) is 11.8. The molecule has 0 spiro atoms. The monoisotopic (exact) mass is 337 g/mol.